The molecule has 37 heavy (non-hydrogen) atoms. The van der Waals surface area contributed by atoms with E-state index >= 15 is 4.39 Å². The van der Waals surface area contributed by atoms with Gasteiger partial charge in [-0.05, 0) is 48.4 Å². The van der Waals surface area contributed by atoms with Crippen molar-refractivity contribution in [3.05, 3.63) is 88.1 Å². The lowest BCUT2D eigenvalue weighted by Gasteiger charge is -2.13. The van der Waals surface area contributed by atoms with E-state index in [1.807, 2.05) is 0 Å². The Kier molecular flexibility index (Phi) is 5.80. The minimum absolute atomic E-state index is 0.0887. The number of halogens is 1. The van der Waals surface area contributed by atoms with Crippen molar-refractivity contribution in [1.29, 1.82) is 0 Å². The third-order valence-electron chi connectivity index (χ3n) is 5.93. The summed E-state index contributed by atoms with van der Waals surface area (Å²) in [4.78, 5) is 35.5. The zero-order chi connectivity index (χ0) is 26.3. The third-order valence-corrected chi connectivity index (χ3v) is 5.93. The van der Waals surface area contributed by atoms with Crippen LogP contribution >= 0.6 is 0 Å². The van der Waals surface area contributed by atoms with Gasteiger partial charge in [-0.2, -0.15) is 0 Å². The molecule has 0 aliphatic heterocycles. The van der Waals surface area contributed by atoms with Crippen molar-refractivity contribution in [1.82, 2.24) is 19.5 Å². The van der Waals surface area contributed by atoms with Gasteiger partial charge < -0.3 is 15.0 Å². The number of nitrogen functional groups attached to an aromatic ring is 1. The molecule has 2 N–H and O–H groups in total. The standard InChI is InChI=1S/C26H19FN6O4/c1-14-4-3-5-21(31-14)37-20-10-16(12-34)18(11-19(20)27)22-23-25(28)29-13-30-26(23)32(2)24(22)15-6-8-17(9-7-15)33(35)36/h3-13H,1-2H3,(H2,28,29,30). The third kappa shape index (κ3) is 4.12. The van der Waals surface area contributed by atoms with E-state index in [9.17, 15) is 14.9 Å². The summed E-state index contributed by atoms with van der Waals surface area (Å²) in [7, 11) is 1.73. The number of ether oxygens (including phenoxy) is 1. The fraction of sp³-hybridized carbons (Fsp3) is 0.0769. The second-order valence-corrected chi connectivity index (χ2v) is 8.25. The Balaban J connectivity index is 1.76. The lowest BCUT2D eigenvalue weighted by molar-refractivity contribution is -0.384. The highest BCUT2D eigenvalue weighted by Gasteiger charge is 2.25. The number of non-ortho nitro benzene ring substituents is 1. The topological polar surface area (TPSA) is 139 Å². The van der Waals surface area contributed by atoms with E-state index in [2.05, 4.69) is 15.0 Å². The largest absolute Gasteiger partial charge is 0.436 e. The van der Waals surface area contributed by atoms with E-state index in [1.165, 1.54) is 30.6 Å². The van der Waals surface area contributed by atoms with Gasteiger partial charge in [-0.3, -0.25) is 14.9 Å². The minimum Gasteiger partial charge on any atom is -0.436 e. The number of nitrogens with zero attached hydrogens (tertiary/aromatic N) is 5. The van der Waals surface area contributed by atoms with Crippen LogP contribution in [0.4, 0.5) is 15.9 Å². The number of benzene rings is 2. The van der Waals surface area contributed by atoms with E-state index < -0.39 is 10.7 Å². The van der Waals surface area contributed by atoms with E-state index in [4.69, 9.17) is 10.5 Å². The van der Waals surface area contributed by atoms with Gasteiger partial charge in [0.2, 0.25) is 5.88 Å². The molecule has 0 radical (unpaired) electrons. The number of nitrogens with two attached hydrogens (primary N) is 1. The highest BCUT2D eigenvalue weighted by Crippen LogP contribution is 2.44. The van der Waals surface area contributed by atoms with Crippen LogP contribution in [0.3, 0.4) is 0 Å². The van der Waals surface area contributed by atoms with Crippen molar-refractivity contribution >= 4 is 28.8 Å². The SMILES string of the molecule is Cc1cccc(Oc2cc(C=O)c(-c3c(-c4ccc([N+](=O)[O-])cc4)n(C)c4ncnc(N)c34)cc2F)n1. The Labute approximate surface area is 209 Å². The quantitative estimate of drug-likeness (QED) is 0.190. The predicted octanol–water partition coefficient (Wildman–Crippen LogP) is 5.24. The maximum atomic E-state index is 15.4. The number of pyridine rings is 1. The monoisotopic (exact) mass is 498 g/mol. The van der Waals surface area contributed by atoms with Crippen molar-refractivity contribution in [2.75, 3.05) is 5.73 Å². The predicted molar refractivity (Wildman–Crippen MR) is 135 cm³/mol. The summed E-state index contributed by atoms with van der Waals surface area (Å²) in [6.45, 7) is 1.77. The first-order chi connectivity index (χ1) is 17.8. The Morgan fingerprint density at radius 1 is 1.14 bits per heavy atom. The zero-order valence-corrected chi connectivity index (χ0v) is 19.7. The molecule has 0 saturated carbocycles. The summed E-state index contributed by atoms with van der Waals surface area (Å²) < 4.78 is 22.8. The molecule has 3 heterocycles. The summed E-state index contributed by atoms with van der Waals surface area (Å²) in [5.41, 5.74) is 9.13. The first kappa shape index (κ1) is 23.5. The molecule has 11 heteroatoms. The number of rotatable bonds is 6. The number of aromatic nitrogens is 4. The molecule has 0 amide bonds. The smallest absolute Gasteiger partial charge is 0.269 e. The number of aldehydes is 1. The molecule has 2 aromatic carbocycles. The first-order valence-electron chi connectivity index (χ1n) is 11.0. The fourth-order valence-corrected chi connectivity index (χ4v) is 4.27. The van der Waals surface area contributed by atoms with Crippen molar-refractivity contribution in [3.8, 4) is 34.0 Å². The van der Waals surface area contributed by atoms with Crippen LogP contribution in [-0.4, -0.2) is 30.7 Å². The first-order valence-corrected chi connectivity index (χ1v) is 11.0. The molecule has 0 fully saturated rings. The van der Waals surface area contributed by atoms with Crippen LogP contribution < -0.4 is 10.5 Å². The van der Waals surface area contributed by atoms with Crippen molar-refractivity contribution in [2.24, 2.45) is 7.05 Å². The number of hydrogen-bond acceptors (Lipinski definition) is 8. The summed E-state index contributed by atoms with van der Waals surface area (Å²) in [5.74, 6) is -0.598. The molecular weight excluding hydrogens is 479 g/mol. The molecule has 0 aliphatic rings. The average molecular weight is 498 g/mol. The van der Waals surface area contributed by atoms with Crippen LogP contribution in [0.2, 0.25) is 0 Å². The number of carbonyl (C=O) groups is 1. The average Bonchev–Trinajstić information content (AvgIpc) is 3.18. The molecule has 0 saturated heterocycles. The maximum Gasteiger partial charge on any atom is 0.269 e. The van der Waals surface area contributed by atoms with Crippen molar-refractivity contribution in [3.63, 3.8) is 0 Å². The molecule has 0 atom stereocenters. The Bertz CT molecular complexity index is 1700. The highest BCUT2D eigenvalue weighted by atomic mass is 19.1. The van der Waals surface area contributed by atoms with Crippen molar-refractivity contribution in [2.45, 2.75) is 6.92 Å². The van der Waals surface area contributed by atoms with Crippen LogP contribution in [0.25, 0.3) is 33.4 Å². The summed E-state index contributed by atoms with van der Waals surface area (Å²) in [5, 5.41) is 11.6. The molecule has 0 unspecified atom stereocenters. The van der Waals surface area contributed by atoms with Gasteiger partial charge in [0.1, 0.15) is 17.8 Å². The number of nitro groups is 1. The van der Waals surface area contributed by atoms with Crippen LogP contribution in [0.1, 0.15) is 16.1 Å². The molecule has 10 nitrogen and oxygen atoms in total. The fourth-order valence-electron chi connectivity index (χ4n) is 4.27. The number of carbonyl (C=O) groups excluding carboxylic acids is 1. The molecule has 0 spiro atoms. The normalized spacial score (nSPS) is 11.0. The van der Waals surface area contributed by atoms with Gasteiger partial charge in [0.25, 0.3) is 5.69 Å². The lowest BCUT2D eigenvalue weighted by Crippen LogP contribution is -1.98. The molecule has 3 aromatic heterocycles. The van der Waals surface area contributed by atoms with Crippen LogP contribution in [0.5, 0.6) is 11.6 Å². The highest BCUT2D eigenvalue weighted by molar-refractivity contribution is 6.10. The van der Waals surface area contributed by atoms with Gasteiger partial charge in [0.05, 0.1) is 16.0 Å². The summed E-state index contributed by atoms with van der Waals surface area (Å²) in [6, 6.07) is 13.4. The van der Waals surface area contributed by atoms with Crippen LogP contribution in [0.15, 0.2) is 60.9 Å². The van der Waals surface area contributed by atoms with Gasteiger partial charge in [-0.25, -0.2) is 19.3 Å². The zero-order valence-electron chi connectivity index (χ0n) is 19.7. The molecule has 5 aromatic rings. The molecule has 0 bridgehead atoms. The molecular formula is C26H19FN6O4. The van der Waals surface area contributed by atoms with Crippen molar-refractivity contribution < 1.29 is 18.8 Å². The van der Waals surface area contributed by atoms with Gasteiger partial charge >= 0.3 is 0 Å². The van der Waals surface area contributed by atoms with Gasteiger partial charge in [0.15, 0.2) is 17.9 Å². The number of anilines is 1. The summed E-state index contributed by atoms with van der Waals surface area (Å²) in [6.07, 6.45) is 1.89. The number of hydrogen-bond donors (Lipinski definition) is 1. The molecule has 184 valence electrons. The number of nitro benzene ring substituents is 1. The lowest BCUT2D eigenvalue weighted by atomic mass is 9.94. The van der Waals surface area contributed by atoms with Gasteiger partial charge in [-0.15, -0.1) is 0 Å². The second kappa shape index (κ2) is 9.11. The molecule has 5 rings (SSSR count). The number of fused-ring (bicyclic) bond motifs is 1. The van der Waals surface area contributed by atoms with E-state index in [-0.39, 0.29) is 34.3 Å². The van der Waals surface area contributed by atoms with Gasteiger partial charge in [0, 0.05) is 42.1 Å². The van der Waals surface area contributed by atoms with Crippen LogP contribution in [0, 0.1) is 22.9 Å². The van der Waals surface area contributed by atoms with Crippen LogP contribution in [-0.2, 0) is 7.05 Å². The maximum absolute atomic E-state index is 15.4. The Hall–Kier alpha value is -5.19. The minimum atomic E-state index is -0.731. The number of aryl methyl sites for hydroxylation is 2. The van der Waals surface area contributed by atoms with E-state index in [0.717, 1.165) is 0 Å². The summed E-state index contributed by atoms with van der Waals surface area (Å²) >= 11 is 0. The Morgan fingerprint density at radius 2 is 1.89 bits per heavy atom. The van der Waals surface area contributed by atoms with E-state index in [0.29, 0.717) is 39.8 Å². The van der Waals surface area contributed by atoms with Gasteiger partial charge in [-0.1, -0.05) is 6.07 Å². The van der Waals surface area contributed by atoms with E-state index in [1.54, 1.807) is 48.9 Å². The molecule has 0 aliphatic carbocycles. The second-order valence-electron chi connectivity index (χ2n) is 8.25. The Morgan fingerprint density at radius 3 is 2.57 bits per heavy atom.